The topological polar surface area (TPSA) is 87.3 Å². The monoisotopic (exact) mass is 251 g/mol. The van der Waals surface area contributed by atoms with Crippen LogP contribution in [0.2, 0.25) is 0 Å². The van der Waals surface area contributed by atoms with Crippen LogP contribution in [0.25, 0.3) is 0 Å². The molecule has 1 atom stereocenters. The summed E-state index contributed by atoms with van der Waals surface area (Å²) in [5.74, 6) is 1.92. The summed E-state index contributed by atoms with van der Waals surface area (Å²) in [5, 5.41) is 11.9. The van der Waals surface area contributed by atoms with Gasteiger partial charge in [0.1, 0.15) is 11.6 Å². The largest absolute Gasteiger partial charge is 0.396 e. The third-order valence-electron chi connectivity index (χ3n) is 3.35. The number of rotatable bonds is 5. The molecular formula is C12H21N5O. The van der Waals surface area contributed by atoms with E-state index in [-0.39, 0.29) is 6.61 Å². The summed E-state index contributed by atoms with van der Waals surface area (Å²) in [5.41, 5.74) is 5.72. The third kappa shape index (κ3) is 2.81. The first-order valence-corrected chi connectivity index (χ1v) is 6.44. The molecule has 0 radical (unpaired) electrons. The maximum absolute atomic E-state index is 8.94. The van der Waals surface area contributed by atoms with Gasteiger partial charge in [0.15, 0.2) is 0 Å². The molecule has 1 saturated heterocycles. The van der Waals surface area contributed by atoms with Crippen LogP contribution in [-0.2, 0) is 0 Å². The SMILES string of the molecule is CNc1cc(N2CCCC2CCCO)nc(N)n1. The van der Waals surface area contributed by atoms with Gasteiger partial charge < -0.3 is 21.1 Å². The summed E-state index contributed by atoms with van der Waals surface area (Å²) < 4.78 is 0. The second-order valence-corrected chi connectivity index (χ2v) is 4.57. The lowest BCUT2D eigenvalue weighted by Crippen LogP contribution is -2.30. The summed E-state index contributed by atoms with van der Waals surface area (Å²) in [6.45, 7) is 1.24. The molecule has 6 heteroatoms. The van der Waals surface area contributed by atoms with Crippen molar-refractivity contribution in [3.63, 3.8) is 0 Å². The van der Waals surface area contributed by atoms with Crippen LogP contribution in [-0.4, -0.2) is 41.3 Å². The zero-order valence-corrected chi connectivity index (χ0v) is 10.8. The van der Waals surface area contributed by atoms with Crippen molar-refractivity contribution >= 4 is 17.6 Å². The summed E-state index contributed by atoms with van der Waals surface area (Å²) in [6.07, 6.45) is 4.14. The Morgan fingerprint density at radius 3 is 3.11 bits per heavy atom. The Morgan fingerprint density at radius 1 is 1.56 bits per heavy atom. The highest BCUT2D eigenvalue weighted by atomic mass is 16.2. The average Bonchev–Trinajstić information content (AvgIpc) is 2.83. The van der Waals surface area contributed by atoms with Gasteiger partial charge in [-0.1, -0.05) is 0 Å². The number of nitrogen functional groups attached to an aromatic ring is 1. The molecule has 2 rings (SSSR count). The summed E-state index contributed by atoms with van der Waals surface area (Å²) in [4.78, 5) is 10.7. The lowest BCUT2D eigenvalue weighted by Gasteiger charge is -2.26. The standard InChI is InChI=1S/C12H21N5O/c1-14-10-8-11(16-12(13)15-10)17-6-2-4-9(17)5-3-7-18/h8-9,18H,2-7H2,1H3,(H3,13,14,15,16). The molecule has 0 aromatic carbocycles. The zero-order chi connectivity index (χ0) is 13.0. The normalized spacial score (nSPS) is 19.2. The number of aliphatic hydroxyl groups is 1. The highest BCUT2D eigenvalue weighted by Crippen LogP contribution is 2.28. The molecule has 1 unspecified atom stereocenters. The molecule has 0 saturated carbocycles. The first kappa shape index (κ1) is 12.9. The van der Waals surface area contributed by atoms with Gasteiger partial charge in [0.25, 0.3) is 0 Å². The predicted molar refractivity (Wildman–Crippen MR) is 72.7 cm³/mol. The van der Waals surface area contributed by atoms with E-state index in [1.165, 1.54) is 0 Å². The second-order valence-electron chi connectivity index (χ2n) is 4.57. The van der Waals surface area contributed by atoms with Gasteiger partial charge in [-0.2, -0.15) is 9.97 Å². The van der Waals surface area contributed by atoms with Gasteiger partial charge in [-0.3, -0.25) is 0 Å². The lowest BCUT2D eigenvalue weighted by molar-refractivity contribution is 0.279. The molecule has 4 N–H and O–H groups in total. The number of aliphatic hydroxyl groups excluding tert-OH is 1. The van der Waals surface area contributed by atoms with Gasteiger partial charge in [-0.15, -0.1) is 0 Å². The van der Waals surface area contributed by atoms with Crippen molar-refractivity contribution in [2.24, 2.45) is 0 Å². The van der Waals surface area contributed by atoms with E-state index in [0.29, 0.717) is 12.0 Å². The molecule has 1 aliphatic rings. The van der Waals surface area contributed by atoms with Gasteiger partial charge in [-0.25, -0.2) is 0 Å². The fourth-order valence-corrected chi connectivity index (χ4v) is 2.49. The van der Waals surface area contributed by atoms with Gasteiger partial charge in [0.2, 0.25) is 5.95 Å². The van der Waals surface area contributed by atoms with Crippen LogP contribution in [0, 0.1) is 0 Å². The van der Waals surface area contributed by atoms with E-state index in [0.717, 1.165) is 43.9 Å². The Labute approximate surface area is 107 Å². The number of aromatic nitrogens is 2. The molecule has 0 aliphatic carbocycles. The molecule has 1 aromatic heterocycles. The van der Waals surface area contributed by atoms with E-state index in [1.807, 2.05) is 13.1 Å². The highest BCUT2D eigenvalue weighted by Gasteiger charge is 2.25. The lowest BCUT2D eigenvalue weighted by atomic mass is 10.1. The Bertz CT molecular complexity index is 398. The number of nitrogens with one attached hydrogen (secondary N) is 1. The smallest absolute Gasteiger partial charge is 0.223 e. The highest BCUT2D eigenvalue weighted by molar-refractivity contribution is 5.53. The van der Waals surface area contributed by atoms with Crippen LogP contribution in [0.1, 0.15) is 25.7 Å². The predicted octanol–water partition coefficient (Wildman–Crippen LogP) is 0.842. The minimum absolute atomic E-state index is 0.248. The molecule has 6 nitrogen and oxygen atoms in total. The van der Waals surface area contributed by atoms with Crippen molar-refractivity contribution < 1.29 is 5.11 Å². The van der Waals surface area contributed by atoms with E-state index in [4.69, 9.17) is 10.8 Å². The maximum atomic E-state index is 8.94. The number of nitrogens with zero attached hydrogens (tertiary/aromatic N) is 3. The number of hydrogen-bond donors (Lipinski definition) is 3. The second kappa shape index (κ2) is 5.86. The van der Waals surface area contributed by atoms with Crippen LogP contribution in [0.15, 0.2) is 6.07 Å². The Balaban J connectivity index is 2.16. The van der Waals surface area contributed by atoms with Gasteiger partial charge >= 0.3 is 0 Å². The van der Waals surface area contributed by atoms with Crippen molar-refractivity contribution in [1.82, 2.24) is 9.97 Å². The molecule has 1 aliphatic heterocycles. The Morgan fingerprint density at radius 2 is 2.39 bits per heavy atom. The fraction of sp³-hybridized carbons (Fsp3) is 0.667. The van der Waals surface area contributed by atoms with Crippen LogP contribution in [0.5, 0.6) is 0 Å². The number of hydrogen-bond acceptors (Lipinski definition) is 6. The Kier molecular flexibility index (Phi) is 4.19. The van der Waals surface area contributed by atoms with Crippen molar-refractivity contribution in [1.29, 1.82) is 0 Å². The first-order valence-electron chi connectivity index (χ1n) is 6.44. The average molecular weight is 251 g/mol. The van der Waals surface area contributed by atoms with E-state index in [1.54, 1.807) is 0 Å². The Hall–Kier alpha value is -1.56. The van der Waals surface area contributed by atoms with Crippen molar-refractivity contribution in [2.75, 3.05) is 36.1 Å². The van der Waals surface area contributed by atoms with Crippen LogP contribution < -0.4 is 16.0 Å². The minimum atomic E-state index is 0.248. The molecular weight excluding hydrogens is 230 g/mol. The zero-order valence-electron chi connectivity index (χ0n) is 10.8. The third-order valence-corrected chi connectivity index (χ3v) is 3.35. The summed E-state index contributed by atoms with van der Waals surface area (Å²) in [7, 11) is 1.82. The molecule has 1 aromatic rings. The van der Waals surface area contributed by atoms with Crippen molar-refractivity contribution in [3.05, 3.63) is 6.07 Å². The number of anilines is 3. The van der Waals surface area contributed by atoms with Crippen molar-refractivity contribution in [2.45, 2.75) is 31.7 Å². The van der Waals surface area contributed by atoms with E-state index < -0.39 is 0 Å². The van der Waals surface area contributed by atoms with Crippen molar-refractivity contribution in [3.8, 4) is 0 Å². The van der Waals surface area contributed by atoms with Gasteiger partial charge in [-0.05, 0) is 25.7 Å². The molecule has 0 spiro atoms. The summed E-state index contributed by atoms with van der Waals surface area (Å²) >= 11 is 0. The van der Waals surface area contributed by atoms with Crippen LogP contribution in [0.3, 0.4) is 0 Å². The van der Waals surface area contributed by atoms with Gasteiger partial charge in [0, 0.05) is 32.3 Å². The van der Waals surface area contributed by atoms with E-state index >= 15 is 0 Å². The fourth-order valence-electron chi connectivity index (χ4n) is 2.49. The first-order chi connectivity index (χ1) is 8.74. The number of nitrogens with two attached hydrogens (primary N) is 1. The van der Waals surface area contributed by atoms with Crippen LogP contribution in [0.4, 0.5) is 17.6 Å². The molecule has 100 valence electrons. The van der Waals surface area contributed by atoms with E-state index in [9.17, 15) is 0 Å². The minimum Gasteiger partial charge on any atom is -0.396 e. The summed E-state index contributed by atoms with van der Waals surface area (Å²) in [6, 6.07) is 2.38. The quantitative estimate of drug-likeness (QED) is 0.719. The van der Waals surface area contributed by atoms with E-state index in [2.05, 4.69) is 20.2 Å². The maximum Gasteiger partial charge on any atom is 0.223 e. The van der Waals surface area contributed by atoms with Gasteiger partial charge in [0.05, 0.1) is 0 Å². The molecule has 2 heterocycles. The molecule has 18 heavy (non-hydrogen) atoms. The molecule has 0 amide bonds. The molecule has 1 fully saturated rings. The molecule has 0 bridgehead atoms. The van der Waals surface area contributed by atoms with Crippen LogP contribution >= 0.6 is 0 Å².